The molecule has 5 nitrogen and oxygen atoms in total. The molecule has 134 valence electrons. The molecule has 0 spiro atoms. The Bertz CT molecular complexity index is 720. The molecule has 0 radical (unpaired) electrons. The number of hydrogen-bond acceptors (Lipinski definition) is 3. The van der Waals surface area contributed by atoms with Crippen molar-refractivity contribution in [1.82, 2.24) is 20.0 Å². The van der Waals surface area contributed by atoms with Gasteiger partial charge in [-0.15, -0.1) is 12.4 Å². The van der Waals surface area contributed by atoms with E-state index in [1.54, 1.807) is 0 Å². The van der Waals surface area contributed by atoms with E-state index < -0.39 is 0 Å². The first-order valence-corrected chi connectivity index (χ1v) is 8.88. The van der Waals surface area contributed by atoms with Crippen molar-refractivity contribution < 1.29 is 4.79 Å². The van der Waals surface area contributed by atoms with E-state index in [-0.39, 0.29) is 18.3 Å². The third kappa shape index (κ3) is 3.88. The van der Waals surface area contributed by atoms with Crippen molar-refractivity contribution in [2.45, 2.75) is 44.7 Å². The molecule has 1 saturated heterocycles. The largest absolute Gasteiger partial charge is 0.334 e. The molecule has 1 unspecified atom stereocenters. The van der Waals surface area contributed by atoms with Gasteiger partial charge in [0.2, 0.25) is 0 Å². The number of carbonyl (C=O) groups excluding carboxylic acids is 1. The minimum Gasteiger partial charge on any atom is -0.334 e. The number of aryl methyl sites for hydroxylation is 1. The zero-order valence-electron chi connectivity index (χ0n) is 14.5. The van der Waals surface area contributed by atoms with Crippen molar-refractivity contribution in [2.75, 3.05) is 13.1 Å². The van der Waals surface area contributed by atoms with Gasteiger partial charge in [-0.05, 0) is 51.3 Å². The number of aromatic nitrogens is 2. The monoisotopic (exact) mass is 360 g/mol. The van der Waals surface area contributed by atoms with Crippen LogP contribution < -0.4 is 5.32 Å². The molecule has 2 heterocycles. The smallest absolute Gasteiger partial charge is 0.257 e. The van der Waals surface area contributed by atoms with Gasteiger partial charge in [-0.2, -0.15) is 5.10 Å². The number of rotatable bonds is 5. The lowest BCUT2D eigenvalue weighted by molar-refractivity contribution is 0.0728. The molecule has 25 heavy (non-hydrogen) atoms. The molecule has 1 N–H and O–H groups in total. The molecule has 1 aromatic heterocycles. The van der Waals surface area contributed by atoms with Gasteiger partial charge < -0.3 is 10.2 Å². The van der Waals surface area contributed by atoms with Crippen LogP contribution in [-0.4, -0.2) is 45.8 Å². The minimum atomic E-state index is 0. The Morgan fingerprint density at radius 3 is 2.68 bits per heavy atom. The number of para-hydroxylation sites is 1. The van der Waals surface area contributed by atoms with Crippen LogP contribution in [0.2, 0.25) is 0 Å². The van der Waals surface area contributed by atoms with Gasteiger partial charge in [0.25, 0.3) is 5.91 Å². The highest BCUT2D eigenvalue weighted by Crippen LogP contribution is 2.29. The van der Waals surface area contributed by atoms with Crippen LogP contribution in [0.25, 0.3) is 5.69 Å². The summed E-state index contributed by atoms with van der Waals surface area (Å²) in [6.45, 7) is 3.81. The van der Waals surface area contributed by atoms with Crippen LogP contribution in [0.15, 0.2) is 36.5 Å². The Morgan fingerprint density at radius 2 is 2.04 bits per heavy atom. The van der Waals surface area contributed by atoms with Crippen molar-refractivity contribution in [3.05, 3.63) is 47.8 Å². The average molecular weight is 361 g/mol. The molecule has 2 fully saturated rings. The SMILES string of the molecule is Cc1nn(-c2ccccc2)cc1C(=O)N(CC1CCCN1)C1CC1.Cl. The lowest BCUT2D eigenvalue weighted by Gasteiger charge is -2.25. The van der Waals surface area contributed by atoms with Crippen molar-refractivity contribution in [1.29, 1.82) is 0 Å². The molecule has 0 bridgehead atoms. The van der Waals surface area contributed by atoms with Crippen LogP contribution in [0, 0.1) is 6.92 Å². The minimum absolute atomic E-state index is 0. The third-order valence-electron chi connectivity index (χ3n) is 4.98. The predicted octanol–water partition coefficient (Wildman–Crippen LogP) is 2.96. The molecule has 6 heteroatoms. The highest BCUT2D eigenvalue weighted by atomic mass is 35.5. The first-order valence-electron chi connectivity index (χ1n) is 8.88. The number of halogens is 1. The maximum atomic E-state index is 13.1. The van der Waals surface area contributed by atoms with Crippen LogP contribution in [0.1, 0.15) is 41.7 Å². The highest BCUT2D eigenvalue weighted by Gasteiger charge is 2.36. The first kappa shape index (κ1) is 18.0. The maximum absolute atomic E-state index is 13.1. The van der Waals surface area contributed by atoms with Crippen molar-refractivity contribution in [2.24, 2.45) is 0 Å². The summed E-state index contributed by atoms with van der Waals surface area (Å²) in [5, 5.41) is 8.06. The van der Waals surface area contributed by atoms with E-state index in [9.17, 15) is 4.79 Å². The molecular weight excluding hydrogens is 336 g/mol. The van der Waals surface area contributed by atoms with Gasteiger partial charge in [0, 0.05) is 24.8 Å². The number of nitrogens with zero attached hydrogens (tertiary/aromatic N) is 3. The van der Waals surface area contributed by atoms with Gasteiger partial charge in [0.05, 0.1) is 16.9 Å². The van der Waals surface area contributed by atoms with Gasteiger partial charge >= 0.3 is 0 Å². The molecule has 1 aliphatic carbocycles. The molecule has 1 aliphatic heterocycles. The number of carbonyl (C=O) groups is 1. The van der Waals surface area contributed by atoms with E-state index in [2.05, 4.69) is 15.3 Å². The lowest BCUT2D eigenvalue weighted by Crippen LogP contribution is -2.42. The van der Waals surface area contributed by atoms with Gasteiger partial charge in [0.1, 0.15) is 0 Å². The standard InChI is InChI=1S/C19H24N4O.ClH/c1-14-18(13-23(21-14)17-7-3-2-4-8-17)19(24)22(16-9-10-16)12-15-6-5-11-20-15;/h2-4,7-8,13,15-16,20H,5-6,9-12H2,1H3;1H. The highest BCUT2D eigenvalue weighted by molar-refractivity contribution is 5.95. The Hall–Kier alpha value is -1.85. The summed E-state index contributed by atoms with van der Waals surface area (Å²) >= 11 is 0. The van der Waals surface area contributed by atoms with Gasteiger partial charge in [-0.25, -0.2) is 4.68 Å². The van der Waals surface area contributed by atoms with Gasteiger partial charge in [-0.3, -0.25) is 4.79 Å². The summed E-state index contributed by atoms with van der Waals surface area (Å²) in [6.07, 6.45) is 6.51. The summed E-state index contributed by atoms with van der Waals surface area (Å²) < 4.78 is 1.81. The molecule has 2 aliphatic rings. The second kappa shape index (κ2) is 7.58. The topological polar surface area (TPSA) is 50.2 Å². The fraction of sp³-hybridized carbons (Fsp3) is 0.474. The Morgan fingerprint density at radius 1 is 1.28 bits per heavy atom. The van der Waals surface area contributed by atoms with Gasteiger partial charge in [0.15, 0.2) is 0 Å². The van der Waals surface area contributed by atoms with Crippen LogP contribution in [0.4, 0.5) is 0 Å². The lowest BCUT2D eigenvalue weighted by atomic mass is 10.1. The molecule has 1 saturated carbocycles. The quantitative estimate of drug-likeness (QED) is 0.891. The van der Waals surface area contributed by atoms with Crippen LogP contribution >= 0.6 is 12.4 Å². The van der Waals surface area contributed by atoms with E-state index in [1.807, 2.05) is 48.1 Å². The van der Waals surface area contributed by atoms with E-state index in [0.29, 0.717) is 12.1 Å². The molecule has 4 rings (SSSR count). The normalized spacial score (nSPS) is 19.5. The van der Waals surface area contributed by atoms with Gasteiger partial charge in [-0.1, -0.05) is 18.2 Å². The van der Waals surface area contributed by atoms with Crippen LogP contribution in [0.5, 0.6) is 0 Å². The van der Waals surface area contributed by atoms with E-state index in [0.717, 1.165) is 42.9 Å². The summed E-state index contributed by atoms with van der Waals surface area (Å²) in [5.74, 6) is 0.130. The molecular formula is C19H25ClN4O. The van der Waals surface area contributed by atoms with Crippen LogP contribution in [0.3, 0.4) is 0 Å². The molecule has 2 aromatic rings. The maximum Gasteiger partial charge on any atom is 0.257 e. The molecule has 1 atom stereocenters. The molecule has 1 amide bonds. The Balaban J connectivity index is 0.00000182. The number of nitrogens with one attached hydrogen (secondary N) is 1. The predicted molar refractivity (Wildman–Crippen MR) is 101 cm³/mol. The Kier molecular flexibility index (Phi) is 5.45. The van der Waals surface area contributed by atoms with Crippen molar-refractivity contribution in [3.8, 4) is 5.69 Å². The van der Waals surface area contributed by atoms with Crippen molar-refractivity contribution in [3.63, 3.8) is 0 Å². The zero-order valence-corrected chi connectivity index (χ0v) is 15.3. The van der Waals surface area contributed by atoms with E-state index >= 15 is 0 Å². The second-order valence-corrected chi connectivity index (χ2v) is 6.89. The van der Waals surface area contributed by atoms with Crippen molar-refractivity contribution >= 4 is 18.3 Å². The fourth-order valence-corrected chi connectivity index (χ4v) is 3.47. The fourth-order valence-electron chi connectivity index (χ4n) is 3.47. The zero-order chi connectivity index (χ0) is 16.5. The third-order valence-corrected chi connectivity index (χ3v) is 4.98. The molecule has 1 aromatic carbocycles. The Labute approximate surface area is 154 Å². The number of hydrogen-bond donors (Lipinski definition) is 1. The number of amides is 1. The summed E-state index contributed by atoms with van der Waals surface area (Å²) in [5.41, 5.74) is 2.51. The second-order valence-electron chi connectivity index (χ2n) is 6.89. The first-order chi connectivity index (χ1) is 11.7. The van der Waals surface area contributed by atoms with E-state index in [1.165, 1.54) is 12.8 Å². The number of benzene rings is 1. The van der Waals surface area contributed by atoms with E-state index in [4.69, 9.17) is 0 Å². The summed E-state index contributed by atoms with van der Waals surface area (Å²) in [7, 11) is 0. The summed E-state index contributed by atoms with van der Waals surface area (Å²) in [4.78, 5) is 15.2. The average Bonchev–Trinajstić information content (AvgIpc) is 3.17. The van der Waals surface area contributed by atoms with Crippen LogP contribution in [-0.2, 0) is 0 Å². The summed E-state index contributed by atoms with van der Waals surface area (Å²) in [6, 6.07) is 10.8.